The van der Waals surface area contributed by atoms with E-state index in [0.29, 0.717) is 0 Å². The normalized spacial score (nSPS) is 12.9. The molecule has 0 heterocycles. The van der Waals surface area contributed by atoms with E-state index >= 15 is 0 Å². The van der Waals surface area contributed by atoms with Gasteiger partial charge in [0, 0.05) is 0 Å². The van der Waals surface area contributed by atoms with Gasteiger partial charge in [0.05, 0.1) is 0 Å². The number of unbranched alkanes of at least 4 members (excludes halogenated alkanes) is 5. The average Bonchev–Trinajstić information content (AvgIpc) is 2.39. The Morgan fingerprint density at radius 3 is 2.28 bits per heavy atom. The second-order valence-corrected chi connectivity index (χ2v) is 4.87. The van der Waals surface area contributed by atoms with Crippen molar-refractivity contribution in [3.05, 3.63) is 42.9 Å². The van der Waals surface area contributed by atoms with Crippen molar-refractivity contribution >= 4 is 0 Å². The van der Waals surface area contributed by atoms with Crippen molar-refractivity contribution in [1.82, 2.24) is 0 Å². The first kappa shape index (κ1) is 17.2. The van der Waals surface area contributed by atoms with Crippen molar-refractivity contribution < 1.29 is 0 Å². The van der Waals surface area contributed by atoms with Crippen LogP contribution >= 0.6 is 0 Å². The smallest absolute Gasteiger partial charge is 0.0166 e. The molecule has 0 aliphatic rings. The first-order valence-corrected chi connectivity index (χ1v) is 7.56. The van der Waals surface area contributed by atoms with Crippen LogP contribution in [0, 0.1) is 6.92 Å². The molecule has 0 bridgehead atoms. The summed E-state index contributed by atoms with van der Waals surface area (Å²) in [5, 5.41) is 0. The maximum Gasteiger partial charge on any atom is -0.0166 e. The van der Waals surface area contributed by atoms with E-state index in [-0.39, 0.29) is 0 Å². The highest BCUT2D eigenvalue weighted by Gasteiger charge is 1.86. The lowest BCUT2D eigenvalue weighted by molar-refractivity contribution is 0.651. The molecule has 1 radical (unpaired) electrons. The molecule has 0 aromatic carbocycles. The molecule has 0 fully saturated rings. The van der Waals surface area contributed by atoms with Gasteiger partial charge in [0.2, 0.25) is 0 Å². The van der Waals surface area contributed by atoms with Gasteiger partial charge in [0.1, 0.15) is 0 Å². The Morgan fingerprint density at radius 2 is 1.56 bits per heavy atom. The maximum atomic E-state index is 3.86. The molecule has 0 nitrogen and oxygen atoms in total. The van der Waals surface area contributed by atoms with Crippen LogP contribution < -0.4 is 0 Å². The lowest BCUT2D eigenvalue weighted by Gasteiger charge is -1.95. The monoisotopic (exact) mass is 247 g/mol. The van der Waals surface area contributed by atoms with Crippen LogP contribution in [0.15, 0.2) is 36.0 Å². The first-order valence-electron chi connectivity index (χ1n) is 7.56. The van der Waals surface area contributed by atoms with Crippen LogP contribution in [0.5, 0.6) is 0 Å². The van der Waals surface area contributed by atoms with Crippen LogP contribution in [0.25, 0.3) is 0 Å². The SMILES string of the molecule is [CH2]CCCCCCC=CCC=CCC=C(C)CC. The van der Waals surface area contributed by atoms with Gasteiger partial charge in [-0.25, -0.2) is 0 Å². The maximum absolute atomic E-state index is 3.86. The largest absolute Gasteiger partial charge is 0.0882 e. The summed E-state index contributed by atoms with van der Waals surface area (Å²) in [6.45, 7) is 8.26. The Labute approximate surface area is 115 Å². The van der Waals surface area contributed by atoms with E-state index in [2.05, 4.69) is 51.2 Å². The van der Waals surface area contributed by atoms with Gasteiger partial charge in [-0.3, -0.25) is 0 Å². The van der Waals surface area contributed by atoms with E-state index in [1.54, 1.807) is 0 Å². The van der Waals surface area contributed by atoms with Gasteiger partial charge in [-0.05, 0) is 39.0 Å². The highest BCUT2D eigenvalue weighted by Crippen LogP contribution is 2.05. The predicted octanol–water partition coefficient (Wildman–Crippen LogP) is 6.41. The molecule has 0 unspecified atom stereocenters. The van der Waals surface area contributed by atoms with E-state index < -0.39 is 0 Å². The minimum atomic E-state index is 1.08. The minimum Gasteiger partial charge on any atom is -0.0882 e. The third-order valence-electron chi connectivity index (χ3n) is 3.14. The summed E-state index contributed by atoms with van der Waals surface area (Å²) in [7, 11) is 0. The molecule has 103 valence electrons. The molecule has 0 saturated heterocycles. The highest BCUT2D eigenvalue weighted by molar-refractivity contribution is 5.02. The molecular weight excluding hydrogens is 216 g/mol. The third-order valence-corrected chi connectivity index (χ3v) is 3.14. The predicted molar refractivity (Wildman–Crippen MR) is 84.6 cm³/mol. The molecule has 0 saturated carbocycles. The number of rotatable bonds is 11. The highest BCUT2D eigenvalue weighted by atomic mass is 13.9. The van der Waals surface area contributed by atoms with Crippen LogP contribution in [0.2, 0.25) is 0 Å². The van der Waals surface area contributed by atoms with Gasteiger partial charge < -0.3 is 0 Å². The minimum absolute atomic E-state index is 1.08. The molecule has 0 amide bonds. The first-order chi connectivity index (χ1) is 8.81. The summed E-state index contributed by atoms with van der Waals surface area (Å²) in [4.78, 5) is 0. The zero-order valence-corrected chi connectivity index (χ0v) is 12.5. The summed E-state index contributed by atoms with van der Waals surface area (Å²) in [5.74, 6) is 0. The van der Waals surface area contributed by atoms with E-state index in [1.807, 2.05) is 0 Å². The molecular formula is C18H31. The van der Waals surface area contributed by atoms with Crippen molar-refractivity contribution in [3.8, 4) is 0 Å². The molecule has 0 heteroatoms. The van der Waals surface area contributed by atoms with Crippen molar-refractivity contribution in [2.45, 2.75) is 71.6 Å². The Balaban J connectivity index is 3.34. The third kappa shape index (κ3) is 13.3. The van der Waals surface area contributed by atoms with Crippen LogP contribution in [-0.4, -0.2) is 0 Å². The standard InChI is InChI=1S/C18H31/c1-4-6-7-8-9-10-11-12-13-14-15-16-17-18(3)5-2/h11-12,14-15,17H,1,4-10,13,16H2,2-3H3. The van der Waals surface area contributed by atoms with Gasteiger partial charge in [-0.2, -0.15) is 0 Å². The van der Waals surface area contributed by atoms with Gasteiger partial charge in [0.25, 0.3) is 0 Å². The molecule has 0 aromatic rings. The Hall–Kier alpha value is -0.780. The molecule has 0 atom stereocenters. The fourth-order valence-corrected chi connectivity index (χ4v) is 1.69. The van der Waals surface area contributed by atoms with Crippen molar-refractivity contribution in [2.75, 3.05) is 0 Å². The summed E-state index contributed by atoms with van der Waals surface area (Å²) >= 11 is 0. The van der Waals surface area contributed by atoms with Gasteiger partial charge in [0.15, 0.2) is 0 Å². The van der Waals surface area contributed by atoms with Crippen LogP contribution in [0.1, 0.15) is 71.6 Å². The van der Waals surface area contributed by atoms with Crippen molar-refractivity contribution in [2.24, 2.45) is 0 Å². The Bertz CT molecular complexity index is 243. The van der Waals surface area contributed by atoms with E-state index in [9.17, 15) is 0 Å². The number of allylic oxidation sites excluding steroid dienone is 6. The van der Waals surface area contributed by atoms with Crippen LogP contribution in [0.4, 0.5) is 0 Å². The fraction of sp³-hybridized carbons (Fsp3) is 0.611. The second kappa shape index (κ2) is 14.3. The van der Waals surface area contributed by atoms with Gasteiger partial charge >= 0.3 is 0 Å². The van der Waals surface area contributed by atoms with E-state index in [1.165, 1.54) is 44.1 Å². The fourth-order valence-electron chi connectivity index (χ4n) is 1.69. The van der Waals surface area contributed by atoms with E-state index in [0.717, 1.165) is 19.3 Å². The lowest BCUT2D eigenvalue weighted by atomic mass is 10.1. The van der Waals surface area contributed by atoms with Crippen LogP contribution in [0.3, 0.4) is 0 Å². The average molecular weight is 247 g/mol. The molecule has 0 N–H and O–H groups in total. The van der Waals surface area contributed by atoms with Gasteiger partial charge in [-0.1, -0.05) is 75.5 Å². The number of hydrogen-bond acceptors (Lipinski definition) is 0. The molecule has 0 rings (SSSR count). The summed E-state index contributed by atoms with van der Waals surface area (Å²) < 4.78 is 0. The van der Waals surface area contributed by atoms with E-state index in [4.69, 9.17) is 0 Å². The molecule has 0 aromatic heterocycles. The quantitative estimate of drug-likeness (QED) is 0.292. The summed E-state index contributed by atoms with van der Waals surface area (Å²) in [5.41, 5.74) is 1.48. The Kier molecular flexibility index (Phi) is 13.7. The topological polar surface area (TPSA) is 0 Å². The lowest BCUT2D eigenvalue weighted by Crippen LogP contribution is -1.75. The molecule has 0 aliphatic heterocycles. The van der Waals surface area contributed by atoms with Crippen molar-refractivity contribution in [1.29, 1.82) is 0 Å². The van der Waals surface area contributed by atoms with Crippen LogP contribution in [-0.2, 0) is 0 Å². The zero-order valence-electron chi connectivity index (χ0n) is 12.5. The zero-order chi connectivity index (χ0) is 13.5. The van der Waals surface area contributed by atoms with Crippen molar-refractivity contribution in [3.63, 3.8) is 0 Å². The Morgan fingerprint density at radius 1 is 0.889 bits per heavy atom. The van der Waals surface area contributed by atoms with Gasteiger partial charge in [-0.15, -0.1) is 0 Å². The number of hydrogen-bond donors (Lipinski definition) is 0. The summed E-state index contributed by atoms with van der Waals surface area (Å²) in [6, 6.07) is 0. The summed E-state index contributed by atoms with van der Waals surface area (Å²) in [6.07, 6.45) is 22.4. The molecule has 0 aliphatic carbocycles. The molecule has 18 heavy (non-hydrogen) atoms. The molecule has 0 spiro atoms. The second-order valence-electron chi connectivity index (χ2n) is 4.87.